The van der Waals surface area contributed by atoms with Gasteiger partial charge in [0.15, 0.2) is 0 Å². The molecule has 0 amide bonds. The summed E-state index contributed by atoms with van der Waals surface area (Å²) < 4.78 is 5.31. The number of anilines is 2. The minimum atomic E-state index is 0.697. The predicted molar refractivity (Wildman–Crippen MR) is 75.2 cm³/mol. The number of nitrogens with zero attached hydrogens (tertiary/aromatic N) is 2. The normalized spacial score (nSPS) is 10.4. The van der Waals surface area contributed by atoms with Crippen LogP contribution in [-0.4, -0.2) is 36.3 Å². The molecule has 0 spiro atoms. The van der Waals surface area contributed by atoms with Crippen LogP contribution in [0.4, 0.5) is 11.6 Å². The summed E-state index contributed by atoms with van der Waals surface area (Å²) >= 11 is 0. The lowest BCUT2D eigenvalue weighted by atomic mass is 10.1. The summed E-state index contributed by atoms with van der Waals surface area (Å²) in [5, 5.41) is 6.60. The third kappa shape index (κ3) is 4.49. The van der Waals surface area contributed by atoms with Crippen LogP contribution in [-0.2, 0) is 11.2 Å². The topological polar surface area (TPSA) is 59.1 Å². The van der Waals surface area contributed by atoms with E-state index in [4.69, 9.17) is 4.74 Å². The summed E-state index contributed by atoms with van der Waals surface area (Å²) in [6.45, 7) is 9.31. The molecule has 0 unspecified atom stereocenters. The van der Waals surface area contributed by atoms with Crippen LogP contribution in [0, 0.1) is 0 Å². The van der Waals surface area contributed by atoms with Crippen LogP contribution in [0.5, 0.6) is 0 Å². The summed E-state index contributed by atoms with van der Waals surface area (Å²) in [5.41, 5.74) is 1.17. The molecule has 0 aromatic carbocycles. The fourth-order valence-corrected chi connectivity index (χ4v) is 1.76. The van der Waals surface area contributed by atoms with Crippen LogP contribution >= 0.6 is 0 Å². The van der Waals surface area contributed by atoms with Gasteiger partial charge < -0.3 is 15.4 Å². The largest absolute Gasteiger partial charge is 0.380 e. The second kappa shape index (κ2) is 8.69. The van der Waals surface area contributed by atoms with Crippen LogP contribution in [0.25, 0.3) is 0 Å². The van der Waals surface area contributed by atoms with E-state index in [0.717, 1.165) is 44.2 Å². The summed E-state index contributed by atoms with van der Waals surface area (Å²) in [7, 11) is 0. The summed E-state index contributed by atoms with van der Waals surface area (Å²) in [6, 6.07) is 0. The third-order valence-corrected chi connectivity index (χ3v) is 2.53. The van der Waals surface area contributed by atoms with Crippen LogP contribution in [0.2, 0.25) is 0 Å². The molecule has 1 aromatic heterocycles. The first-order valence-electron chi connectivity index (χ1n) is 6.72. The van der Waals surface area contributed by atoms with E-state index in [1.807, 2.05) is 6.92 Å². The van der Waals surface area contributed by atoms with Gasteiger partial charge in [0.05, 0.1) is 6.61 Å². The fraction of sp³-hybridized carbons (Fsp3) is 0.692. The molecular weight excluding hydrogens is 228 g/mol. The van der Waals surface area contributed by atoms with E-state index in [2.05, 4.69) is 34.4 Å². The molecular formula is C13H24N4O. The second-order valence-corrected chi connectivity index (χ2v) is 3.95. The molecule has 0 aliphatic rings. The zero-order valence-corrected chi connectivity index (χ0v) is 11.6. The van der Waals surface area contributed by atoms with Crippen molar-refractivity contribution in [1.82, 2.24) is 9.97 Å². The molecule has 1 aromatic rings. The van der Waals surface area contributed by atoms with Crippen molar-refractivity contribution in [3.8, 4) is 0 Å². The van der Waals surface area contributed by atoms with Crippen molar-refractivity contribution in [3.05, 3.63) is 11.9 Å². The average molecular weight is 252 g/mol. The molecule has 18 heavy (non-hydrogen) atoms. The predicted octanol–water partition coefficient (Wildman–Crippen LogP) is 2.31. The van der Waals surface area contributed by atoms with Crippen LogP contribution < -0.4 is 10.6 Å². The van der Waals surface area contributed by atoms with Gasteiger partial charge in [0.25, 0.3) is 0 Å². The maximum atomic E-state index is 5.31. The minimum absolute atomic E-state index is 0.697. The molecule has 0 bridgehead atoms. The Balaban J connectivity index is 2.71. The van der Waals surface area contributed by atoms with Crippen molar-refractivity contribution in [1.29, 1.82) is 0 Å². The van der Waals surface area contributed by atoms with Crippen molar-refractivity contribution in [2.75, 3.05) is 36.9 Å². The first-order chi connectivity index (χ1) is 8.83. The lowest BCUT2D eigenvalue weighted by Crippen LogP contribution is -2.14. The quantitative estimate of drug-likeness (QED) is 0.660. The van der Waals surface area contributed by atoms with Crippen molar-refractivity contribution in [3.63, 3.8) is 0 Å². The summed E-state index contributed by atoms with van der Waals surface area (Å²) in [6.07, 6.45) is 3.65. The molecule has 0 fully saturated rings. The average Bonchev–Trinajstić information content (AvgIpc) is 2.38. The van der Waals surface area contributed by atoms with Crippen molar-refractivity contribution >= 4 is 11.6 Å². The van der Waals surface area contributed by atoms with Gasteiger partial charge in [-0.2, -0.15) is 0 Å². The number of rotatable bonds is 9. The molecule has 0 radical (unpaired) electrons. The Morgan fingerprint density at radius 1 is 1.11 bits per heavy atom. The fourth-order valence-electron chi connectivity index (χ4n) is 1.76. The molecule has 2 N–H and O–H groups in total. The Morgan fingerprint density at radius 2 is 1.83 bits per heavy atom. The standard InChI is InChI=1S/C13H24N4O/c1-4-7-11-12(14-5-2)16-10-17-13(11)15-8-9-18-6-3/h10H,4-9H2,1-3H3,(H2,14,15,16,17). The highest BCUT2D eigenvalue weighted by Gasteiger charge is 2.09. The smallest absolute Gasteiger partial charge is 0.134 e. The first-order valence-corrected chi connectivity index (χ1v) is 6.72. The van der Waals surface area contributed by atoms with Gasteiger partial charge in [-0.25, -0.2) is 9.97 Å². The van der Waals surface area contributed by atoms with Crippen LogP contribution in [0.15, 0.2) is 6.33 Å². The van der Waals surface area contributed by atoms with Gasteiger partial charge in [-0.3, -0.25) is 0 Å². The third-order valence-electron chi connectivity index (χ3n) is 2.53. The van der Waals surface area contributed by atoms with E-state index in [1.165, 1.54) is 5.56 Å². The Morgan fingerprint density at radius 3 is 2.44 bits per heavy atom. The number of hydrogen-bond donors (Lipinski definition) is 2. The van der Waals surface area contributed by atoms with Gasteiger partial charge in [-0.05, 0) is 20.3 Å². The zero-order valence-electron chi connectivity index (χ0n) is 11.6. The Labute approximate surface area is 109 Å². The number of nitrogens with one attached hydrogen (secondary N) is 2. The molecule has 0 saturated heterocycles. The lowest BCUT2D eigenvalue weighted by molar-refractivity contribution is 0.158. The van der Waals surface area contributed by atoms with Crippen molar-refractivity contribution in [2.24, 2.45) is 0 Å². The Bertz CT molecular complexity index is 344. The molecule has 0 aliphatic carbocycles. The van der Waals surface area contributed by atoms with Crippen LogP contribution in [0.3, 0.4) is 0 Å². The van der Waals surface area contributed by atoms with E-state index in [9.17, 15) is 0 Å². The highest BCUT2D eigenvalue weighted by Crippen LogP contribution is 2.21. The van der Waals surface area contributed by atoms with Gasteiger partial charge in [0.1, 0.15) is 18.0 Å². The molecule has 102 valence electrons. The molecule has 1 heterocycles. The Hall–Kier alpha value is -1.36. The number of aromatic nitrogens is 2. The Kier molecular flexibility index (Phi) is 7.10. The van der Waals surface area contributed by atoms with Gasteiger partial charge in [0.2, 0.25) is 0 Å². The maximum absolute atomic E-state index is 5.31. The maximum Gasteiger partial charge on any atom is 0.134 e. The first kappa shape index (κ1) is 14.7. The van der Waals surface area contributed by atoms with Gasteiger partial charge in [-0.1, -0.05) is 13.3 Å². The van der Waals surface area contributed by atoms with Gasteiger partial charge in [-0.15, -0.1) is 0 Å². The SMILES string of the molecule is CCCc1c(NCC)ncnc1NCCOCC. The molecule has 0 saturated carbocycles. The summed E-state index contributed by atoms with van der Waals surface area (Å²) in [5.74, 6) is 1.86. The molecule has 5 heteroatoms. The molecule has 1 rings (SSSR count). The lowest BCUT2D eigenvalue weighted by Gasteiger charge is -2.14. The number of ether oxygens (including phenoxy) is 1. The van der Waals surface area contributed by atoms with E-state index in [1.54, 1.807) is 6.33 Å². The van der Waals surface area contributed by atoms with Crippen molar-refractivity contribution in [2.45, 2.75) is 33.6 Å². The highest BCUT2D eigenvalue weighted by molar-refractivity contribution is 5.57. The number of hydrogen-bond acceptors (Lipinski definition) is 5. The van der Waals surface area contributed by atoms with E-state index in [0.29, 0.717) is 6.61 Å². The molecule has 0 atom stereocenters. The molecule has 0 aliphatic heterocycles. The van der Waals surface area contributed by atoms with Crippen molar-refractivity contribution < 1.29 is 4.74 Å². The monoisotopic (exact) mass is 252 g/mol. The van der Waals surface area contributed by atoms with Gasteiger partial charge >= 0.3 is 0 Å². The summed E-state index contributed by atoms with van der Waals surface area (Å²) in [4.78, 5) is 8.62. The van der Waals surface area contributed by atoms with Gasteiger partial charge in [0, 0.05) is 25.3 Å². The van der Waals surface area contributed by atoms with Crippen LogP contribution in [0.1, 0.15) is 32.8 Å². The zero-order chi connectivity index (χ0) is 13.2. The van der Waals surface area contributed by atoms with E-state index < -0.39 is 0 Å². The highest BCUT2D eigenvalue weighted by atomic mass is 16.5. The second-order valence-electron chi connectivity index (χ2n) is 3.95. The van der Waals surface area contributed by atoms with E-state index in [-0.39, 0.29) is 0 Å². The van der Waals surface area contributed by atoms with E-state index >= 15 is 0 Å². The molecule has 5 nitrogen and oxygen atoms in total. The minimum Gasteiger partial charge on any atom is -0.380 e.